The lowest BCUT2D eigenvalue weighted by atomic mass is 9.98. The first-order valence-corrected chi connectivity index (χ1v) is 5.31. The van der Waals surface area contributed by atoms with Gasteiger partial charge in [-0.1, -0.05) is 19.4 Å². The molecule has 0 saturated heterocycles. The van der Waals surface area contributed by atoms with Crippen LogP contribution in [0.2, 0.25) is 0 Å². The summed E-state index contributed by atoms with van der Waals surface area (Å²) in [6, 6.07) is 0. The molecule has 82 valence electrons. The monoisotopic (exact) mass is 199 g/mol. The maximum absolute atomic E-state index is 11.0. The molecule has 0 fully saturated rings. The molecule has 0 aromatic heterocycles. The topological polar surface area (TPSA) is 63.3 Å². The molecule has 3 nitrogen and oxygen atoms in total. The van der Waals surface area contributed by atoms with Gasteiger partial charge < -0.3 is 10.8 Å². The summed E-state index contributed by atoms with van der Waals surface area (Å²) in [7, 11) is 0. The third-order valence-electron chi connectivity index (χ3n) is 2.42. The lowest BCUT2D eigenvalue weighted by Gasteiger charge is -2.08. The molecule has 0 bridgehead atoms. The Morgan fingerprint density at radius 2 is 1.79 bits per heavy atom. The van der Waals surface area contributed by atoms with Crippen molar-refractivity contribution in [3.8, 4) is 0 Å². The average molecular weight is 199 g/mol. The van der Waals surface area contributed by atoms with Crippen LogP contribution in [0.5, 0.6) is 0 Å². The number of nitrogens with two attached hydrogens (primary N) is 1. The molecule has 0 aromatic carbocycles. The number of unbranched alkanes of at least 4 members (excludes halogenated alkanes) is 1. The summed E-state index contributed by atoms with van der Waals surface area (Å²) in [5.41, 5.74) is 7.03. The Balaban J connectivity index is 4.41. The van der Waals surface area contributed by atoms with Crippen molar-refractivity contribution in [3.63, 3.8) is 0 Å². The van der Waals surface area contributed by atoms with Gasteiger partial charge in [0.15, 0.2) is 0 Å². The predicted octanol–water partition coefficient (Wildman–Crippen LogP) is 2.32. The number of hydrogen-bond donors (Lipinski definition) is 2. The van der Waals surface area contributed by atoms with Gasteiger partial charge in [0.25, 0.3) is 0 Å². The number of carboxylic acid groups (broad SMARTS) is 1. The summed E-state index contributed by atoms with van der Waals surface area (Å²) in [5.74, 6) is -0.763. The van der Waals surface area contributed by atoms with E-state index in [9.17, 15) is 4.79 Å². The van der Waals surface area contributed by atoms with E-state index < -0.39 is 5.97 Å². The van der Waals surface area contributed by atoms with Gasteiger partial charge in [-0.05, 0) is 38.6 Å². The smallest absolute Gasteiger partial charge is 0.331 e. The van der Waals surface area contributed by atoms with Gasteiger partial charge in [-0.25, -0.2) is 4.79 Å². The second-order valence-corrected chi connectivity index (χ2v) is 3.34. The van der Waals surface area contributed by atoms with E-state index in [4.69, 9.17) is 10.8 Å². The zero-order valence-electron chi connectivity index (χ0n) is 9.18. The molecular formula is C11H21NO2. The van der Waals surface area contributed by atoms with Crippen LogP contribution in [0.1, 0.15) is 46.0 Å². The molecule has 0 aliphatic heterocycles. The quantitative estimate of drug-likeness (QED) is 0.488. The maximum atomic E-state index is 11.0. The Bertz CT molecular complexity index is 203. The SMILES string of the molecule is CCC(CC)=C(CCCCN)C(=O)O. The van der Waals surface area contributed by atoms with Crippen LogP contribution in [0.4, 0.5) is 0 Å². The third-order valence-corrected chi connectivity index (χ3v) is 2.42. The summed E-state index contributed by atoms with van der Waals surface area (Å²) >= 11 is 0. The van der Waals surface area contributed by atoms with Gasteiger partial charge in [0, 0.05) is 5.57 Å². The third kappa shape index (κ3) is 4.42. The molecule has 0 atom stereocenters. The van der Waals surface area contributed by atoms with Crippen LogP contribution in [0.15, 0.2) is 11.1 Å². The summed E-state index contributed by atoms with van der Waals surface area (Å²) in [6.07, 6.45) is 4.10. The summed E-state index contributed by atoms with van der Waals surface area (Å²) in [6.45, 7) is 4.65. The Morgan fingerprint density at radius 1 is 1.21 bits per heavy atom. The number of carbonyl (C=O) groups is 1. The second-order valence-electron chi connectivity index (χ2n) is 3.34. The second kappa shape index (κ2) is 7.56. The molecule has 14 heavy (non-hydrogen) atoms. The lowest BCUT2D eigenvalue weighted by Crippen LogP contribution is -2.06. The zero-order chi connectivity index (χ0) is 11.0. The number of aliphatic carboxylic acids is 1. The molecule has 0 unspecified atom stereocenters. The Kier molecular flexibility index (Phi) is 7.11. The standard InChI is InChI=1S/C11H21NO2/c1-3-9(4-2)10(11(13)14)7-5-6-8-12/h3-8,12H2,1-2H3,(H,13,14). The molecule has 3 heteroatoms. The fourth-order valence-electron chi connectivity index (χ4n) is 1.56. The lowest BCUT2D eigenvalue weighted by molar-refractivity contribution is -0.132. The highest BCUT2D eigenvalue weighted by atomic mass is 16.4. The molecule has 0 aliphatic carbocycles. The maximum Gasteiger partial charge on any atom is 0.331 e. The van der Waals surface area contributed by atoms with E-state index in [1.54, 1.807) is 0 Å². The van der Waals surface area contributed by atoms with Crippen molar-refractivity contribution in [3.05, 3.63) is 11.1 Å². The van der Waals surface area contributed by atoms with Gasteiger partial charge >= 0.3 is 5.97 Å². The van der Waals surface area contributed by atoms with Crippen LogP contribution in [0, 0.1) is 0 Å². The van der Waals surface area contributed by atoms with Gasteiger partial charge in [0.2, 0.25) is 0 Å². The number of allylic oxidation sites excluding steroid dienone is 1. The highest BCUT2D eigenvalue weighted by Crippen LogP contribution is 2.18. The average Bonchev–Trinajstić information content (AvgIpc) is 2.17. The molecule has 0 amide bonds. The fraction of sp³-hybridized carbons (Fsp3) is 0.727. The van der Waals surface area contributed by atoms with Crippen LogP contribution in [0.25, 0.3) is 0 Å². The van der Waals surface area contributed by atoms with Gasteiger partial charge in [0.05, 0.1) is 0 Å². The molecular weight excluding hydrogens is 178 g/mol. The predicted molar refractivity (Wildman–Crippen MR) is 58.1 cm³/mol. The van der Waals surface area contributed by atoms with Crippen molar-refractivity contribution in [2.45, 2.75) is 46.0 Å². The molecule has 0 aliphatic rings. The molecule has 0 heterocycles. The first kappa shape index (κ1) is 13.2. The van der Waals surface area contributed by atoms with Crippen molar-refractivity contribution in [1.29, 1.82) is 0 Å². The van der Waals surface area contributed by atoms with Crippen molar-refractivity contribution in [1.82, 2.24) is 0 Å². The summed E-state index contributed by atoms with van der Waals surface area (Å²) in [5, 5.41) is 9.02. The van der Waals surface area contributed by atoms with E-state index in [1.807, 2.05) is 13.8 Å². The minimum atomic E-state index is -0.763. The number of carboxylic acids is 1. The first-order valence-electron chi connectivity index (χ1n) is 5.31. The van der Waals surface area contributed by atoms with Crippen molar-refractivity contribution < 1.29 is 9.90 Å². The van der Waals surface area contributed by atoms with E-state index in [0.29, 0.717) is 18.5 Å². The molecule has 0 radical (unpaired) electrons. The van der Waals surface area contributed by atoms with Gasteiger partial charge in [-0.2, -0.15) is 0 Å². The van der Waals surface area contributed by atoms with E-state index in [2.05, 4.69) is 0 Å². The largest absolute Gasteiger partial charge is 0.478 e. The van der Waals surface area contributed by atoms with Crippen molar-refractivity contribution >= 4 is 5.97 Å². The highest BCUT2D eigenvalue weighted by Gasteiger charge is 2.11. The molecule has 0 aromatic rings. The van der Waals surface area contributed by atoms with Gasteiger partial charge in [0.1, 0.15) is 0 Å². The minimum absolute atomic E-state index is 0.600. The van der Waals surface area contributed by atoms with Crippen LogP contribution in [0.3, 0.4) is 0 Å². The number of rotatable bonds is 7. The summed E-state index contributed by atoms with van der Waals surface area (Å²) < 4.78 is 0. The van der Waals surface area contributed by atoms with E-state index >= 15 is 0 Å². The zero-order valence-corrected chi connectivity index (χ0v) is 9.18. The Hall–Kier alpha value is -0.830. The van der Waals surface area contributed by atoms with E-state index in [1.165, 1.54) is 0 Å². The van der Waals surface area contributed by atoms with Crippen molar-refractivity contribution in [2.75, 3.05) is 6.54 Å². The van der Waals surface area contributed by atoms with E-state index in [-0.39, 0.29) is 0 Å². The highest BCUT2D eigenvalue weighted by molar-refractivity contribution is 5.87. The van der Waals surface area contributed by atoms with Gasteiger partial charge in [-0.15, -0.1) is 0 Å². The Labute approximate surface area is 86.0 Å². The minimum Gasteiger partial charge on any atom is -0.478 e. The molecule has 0 spiro atoms. The first-order chi connectivity index (χ1) is 6.67. The van der Waals surface area contributed by atoms with Crippen LogP contribution < -0.4 is 5.73 Å². The fourth-order valence-corrected chi connectivity index (χ4v) is 1.56. The van der Waals surface area contributed by atoms with Crippen LogP contribution in [-0.2, 0) is 4.79 Å². The van der Waals surface area contributed by atoms with Crippen molar-refractivity contribution in [2.24, 2.45) is 5.73 Å². The number of hydrogen-bond acceptors (Lipinski definition) is 2. The van der Waals surface area contributed by atoms with Gasteiger partial charge in [-0.3, -0.25) is 0 Å². The normalized spacial score (nSPS) is 9.93. The van der Waals surface area contributed by atoms with Crippen LogP contribution >= 0.6 is 0 Å². The summed E-state index contributed by atoms with van der Waals surface area (Å²) in [4.78, 5) is 11.0. The molecule has 3 N–H and O–H groups in total. The Morgan fingerprint density at radius 3 is 2.14 bits per heavy atom. The van der Waals surface area contributed by atoms with E-state index in [0.717, 1.165) is 31.3 Å². The molecule has 0 rings (SSSR count). The van der Waals surface area contributed by atoms with Crippen LogP contribution in [-0.4, -0.2) is 17.6 Å². The molecule has 0 saturated carbocycles.